The van der Waals surface area contributed by atoms with Crippen LogP contribution in [0.25, 0.3) is 0 Å². The molecule has 0 bridgehead atoms. The molecule has 0 aromatic heterocycles. The van der Waals surface area contributed by atoms with E-state index < -0.39 is 48.4 Å². The first-order valence-corrected chi connectivity index (χ1v) is 25.2. The molecule has 0 spiro atoms. The Kier molecular flexibility index (Phi) is 18.8. The SMILES string of the molecule is CCOP(=O)(OCC)C(NCCOc1cccc(OCCNC(c2cc(C(C)(C)C)c(O)c(C(C)(C)C)c2)P(=O)(OCC)OCC)c1)c1cc(C(C)(C)C)c(O)c(C(C)(C)C)c1. The van der Waals surface area contributed by atoms with Crippen LogP contribution < -0.4 is 20.1 Å². The number of phenolic OH excluding ortho intramolecular Hbond substituents is 2. The molecule has 0 aliphatic heterocycles. The Morgan fingerprint density at radius 2 is 0.774 bits per heavy atom. The molecule has 0 saturated heterocycles. The van der Waals surface area contributed by atoms with Gasteiger partial charge < -0.3 is 37.8 Å². The molecule has 12 nitrogen and oxygen atoms in total. The lowest BCUT2D eigenvalue weighted by atomic mass is 9.78. The van der Waals surface area contributed by atoms with Gasteiger partial charge in [-0.05, 0) is 119 Å². The highest BCUT2D eigenvalue weighted by Crippen LogP contribution is 2.61. The zero-order valence-corrected chi connectivity index (χ0v) is 42.3. The number of nitrogens with one attached hydrogen (secondary N) is 2. The summed E-state index contributed by atoms with van der Waals surface area (Å²) < 4.78 is 64.7. The average molecular weight is 905 g/mol. The first kappa shape index (κ1) is 53.4. The zero-order chi connectivity index (χ0) is 46.9. The molecule has 3 aromatic rings. The Bertz CT molecular complexity index is 1780. The predicted octanol–water partition coefficient (Wildman–Crippen LogP) is 12.2. The summed E-state index contributed by atoms with van der Waals surface area (Å²) in [5.41, 5.74) is 2.79. The summed E-state index contributed by atoms with van der Waals surface area (Å²) in [6, 6.07) is 14.9. The summed E-state index contributed by atoms with van der Waals surface area (Å²) >= 11 is 0. The van der Waals surface area contributed by atoms with E-state index in [9.17, 15) is 19.3 Å². The first-order valence-electron chi connectivity index (χ1n) is 22.0. The summed E-state index contributed by atoms with van der Waals surface area (Å²) in [6.45, 7) is 33.4. The maximum absolute atomic E-state index is 14.4. The number of benzene rings is 3. The number of hydrogen-bond acceptors (Lipinski definition) is 12. The van der Waals surface area contributed by atoms with E-state index in [1.165, 1.54) is 0 Å². The van der Waals surface area contributed by atoms with Crippen LogP contribution in [0.5, 0.6) is 23.0 Å². The molecule has 0 aliphatic carbocycles. The van der Waals surface area contributed by atoms with Crippen molar-refractivity contribution in [2.75, 3.05) is 52.7 Å². The smallest absolute Gasteiger partial charge is 0.351 e. The molecular weight excluding hydrogens is 826 g/mol. The second-order valence-corrected chi connectivity index (χ2v) is 23.8. The van der Waals surface area contributed by atoms with Crippen molar-refractivity contribution in [3.05, 3.63) is 81.9 Å². The fourth-order valence-electron chi connectivity index (χ4n) is 7.22. The minimum Gasteiger partial charge on any atom is -0.507 e. The van der Waals surface area contributed by atoms with Crippen molar-refractivity contribution in [2.24, 2.45) is 0 Å². The molecule has 0 aliphatic rings. The van der Waals surface area contributed by atoms with Crippen molar-refractivity contribution in [3.8, 4) is 23.0 Å². The van der Waals surface area contributed by atoms with Gasteiger partial charge in [-0.15, -0.1) is 0 Å². The fraction of sp³-hybridized carbons (Fsp3) is 0.625. The van der Waals surface area contributed by atoms with E-state index in [0.717, 1.165) is 22.3 Å². The summed E-state index contributed by atoms with van der Waals surface area (Å²) in [7, 11) is -7.47. The molecule has 0 radical (unpaired) electrons. The molecule has 14 heteroatoms. The first-order chi connectivity index (χ1) is 28.7. The van der Waals surface area contributed by atoms with Crippen LogP contribution in [0.3, 0.4) is 0 Å². The van der Waals surface area contributed by atoms with E-state index >= 15 is 0 Å². The Morgan fingerprint density at radius 3 is 1.02 bits per heavy atom. The van der Waals surface area contributed by atoms with Gasteiger partial charge in [-0.2, -0.15) is 0 Å². The number of aromatic hydroxyl groups is 2. The third-order valence-corrected chi connectivity index (χ3v) is 14.9. The van der Waals surface area contributed by atoms with Gasteiger partial charge in [0.15, 0.2) is 0 Å². The molecule has 62 heavy (non-hydrogen) atoms. The van der Waals surface area contributed by atoms with Gasteiger partial charge in [-0.1, -0.05) is 89.2 Å². The van der Waals surface area contributed by atoms with E-state index in [4.69, 9.17) is 27.6 Å². The Hall–Kier alpha value is -2.92. The number of hydrogen-bond donors (Lipinski definition) is 4. The van der Waals surface area contributed by atoms with Crippen molar-refractivity contribution in [1.82, 2.24) is 10.6 Å². The quantitative estimate of drug-likeness (QED) is 0.0560. The monoisotopic (exact) mass is 905 g/mol. The summed E-state index contributed by atoms with van der Waals surface area (Å²) in [6.07, 6.45) is 0. The summed E-state index contributed by atoms with van der Waals surface area (Å²) in [5.74, 6) is -0.0537. The lowest BCUT2D eigenvalue weighted by Gasteiger charge is -2.32. The van der Waals surface area contributed by atoms with Crippen LogP contribution in [0.4, 0.5) is 0 Å². The van der Waals surface area contributed by atoms with Crippen molar-refractivity contribution in [2.45, 2.75) is 144 Å². The molecule has 2 atom stereocenters. The minimum absolute atomic E-state index is 0.191. The minimum atomic E-state index is -3.73. The van der Waals surface area contributed by atoms with Crippen LogP contribution in [0.1, 0.15) is 156 Å². The standard InChI is InChI=1S/C48H78N2O10P2/c1-17-57-61(53,58-18-2)43(33-28-37(45(5,6)7)41(51)38(29-33)46(8,9)10)49-24-26-55-35-22-21-23-36(32-35)56-27-25-50-44(62(54,59-19-3)60-20-4)34-30-39(47(11,12)13)42(52)40(31-34)48(14,15)16/h21-23,28-32,43-44,49-52H,17-20,24-27H2,1-16H3. The Balaban J connectivity index is 1.83. The maximum atomic E-state index is 14.4. The molecular formula is C48H78N2O10P2. The van der Waals surface area contributed by atoms with Gasteiger partial charge in [0.25, 0.3) is 0 Å². The molecule has 3 rings (SSSR count). The highest BCUT2D eigenvalue weighted by molar-refractivity contribution is 7.54. The molecule has 2 unspecified atom stereocenters. The van der Waals surface area contributed by atoms with E-state index in [1.807, 2.05) is 126 Å². The molecule has 0 amide bonds. The lowest BCUT2D eigenvalue weighted by Crippen LogP contribution is -2.29. The second kappa shape index (κ2) is 21.8. The van der Waals surface area contributed by atoms with E-state index in [2.05, 4.69) is 10.6 Å². The van der Waals surface area contributed by atoms with Crippen LogP contribution in [0.15, 0.2) is 48.5 Å². The van der Waals surface area contributed by atoms with Crippen LogP contribution in [0, 0.1) is 0 Å². The van der Waals surface area contributed by atoms with Gasteiger partial charge in [0.05, 0.1) is 26.4 Å². The van der Waals surface area contributed by atoms with Crippen molar-refractivity contribution < 1.29 is 46.9 Å². The van der Waals surface area contributed by atoms with Gasteiger partial charge in [0.1, 0.15) is 47.8 Å². The summed E-state index contributed by atoms with van der Waals surface area (Å²) in [5, 5.41) is 29.6. The summed E-state index contributed by atoms with van der Waals surface area (Å²) in [4.78, 5) is 0. The maximum Gasteiger partial charge on any atom is 0.351 e. The normalized spacial score (nSPS) is 14.2. The third-order valence-electron chi connectivity index (χ3n) is 10.2. The van der Waals surface area contributed by atoms with E-state index in [1.54, 1.807) is 33.8 Å². The van der Waals surface area contributed by atoms with Crippen LogP contribution in [-0.4, -0.2) is 62.9 Å². The van der Waals surface area contributed by atoms with Crippen LogP contribution >= 0.6 is 15.2 Å². The van der Waals surface area contributed by atoms with Crippen LogP contribution in [-0.2, 0) is 48.9 Å². The average Bonchev–Trinajstić information content (AvgIpc) is 3.14. The van der Waals surface area contributed by atoms with E-state index in [0.29, 0.717) is 35.7 Å². The highest BCUT2D eigenvalue weighted by atomic mass is 31.2. The fourth-order valence-corrected chi connectivity index (χ4v) is 11.1. The number of rotatable bonds is 22. The molecule has 0 fully saturated rings. The largest absolute Gasteiger partial charge is 0.507 e. The second-order valence-electron chi connectivity index (χ2n) is 19.6. The van der Waals surface area contributed by atoms with Gasteiger partial charge in [-0.3, -0.25) is 19.8 Å². The van der Waals surface area contributed by atoms with Gasteiger partial charge in [0.2, 0.25) is 0 Å². The lowest BCUT2D eigenvalue weighted by molar-refractivity contribution is 0.205. The Morgan fingerprint density at radius 1 is 0.500 bits per heavy atom. The van der Waals surface area contributed by atoms with E-state index in [-0.39, 0.29) is 51.1 Å². The number of phenols is 2. The third kappa shape index (κ3) is 14.0. The molecule has 3 aromatic carbocycles. The van der Waals surface area contributed by atoms with Crippen LogP contribution in [0.2, 0.25) is 0 Å². The molecule has 4 N–H and O–H groups in total. The molecule has 350 valence electrons. The van der Waals surface area contributed by atoms with Crippen molar-refractivity contribution in [3.63, 3.8) is 0 Å². The topological polar surface area (TPSA) is 154 Å². The number of ether oxygens (including phenoxy) is 2. The zero-order valence-electron chi connectivity index (χ0n) is 40.5. The van der Waals surface area contributed by atoms with Gasteiger partial charge >= 0.3 is 15.2 Å². The molecule has 0 saturated carbocycles. The van der Waals surface area contributed by atoms with Gasteiger partial charge in [-0.25, -0.2) is 0 Å². The van der Waals surface area contributed by atoms with Crippen molar-refractivity contribution in [1.29, 1.82) is 0 Å². The van der Waals surface area contributed by atoms with Gasteiger partial charge in [0, 0.05) is 19.2 Å². The highest BCUT2D eigenvalue weighted by Gasteiger charge is 2.40. The van der Waals surface area contributed by atoms with Crippen molar-refractivity contribution >= 4 is 15.2 Å². The Labute approximate surface area is 373 Å². The molecule has 0 heterocycles. The predicted molar refractivity (Wildman–Crippen MR) is 252 cm³/mol.